The number of aryl methyl sites for hydroxylation is 2. The Balaban J connectivity index is 1.69. The second-order valence-corrected chi connectivity index (χ2v) is 6.06. The van der Waals surface area contributed by atoms with Crippen LogP contribution in [0.25, 0.3) is 0 Å². The first-order valence-corrected chi connectivity index (χ1v) is 8.29. The molecule has 3 N–H and O–H groups in total. The molecule has 2 aromatic carbocycles. The summed E-state index contributed by atoms with van der Waals surface area (Å²) in [6.45, 7) is 3.87. The Bertz CT molecular complexity index is 1010. The Morgan fingerprint density at radius 2 is 1.52 bits per heavy atom. The average molecular weight is 362 g/mol. The van der Waals surface area contributed by atoms with Crippen LogP contribution in [0.2, 0.25) is 0 Å². The topological polar surface area (TPSA) is 104 Å². The fourth-order valence-electron chi connectivity index (χ4n) is 2.57. The summed E-state index contributed by atoms with van der Waals surface area (Å²) in [5.74, 6) is -0.688. The molecular formula is C20H18N4O3. The molecule has 0 unspecified atom stereocenters. The molecule has 0 saturated heterocycles. The lowest BCUT2D eigenvalue weighted by Gasteiger charge is -2.12. The molecular weight excluding hydrogens is 344 g/mol. The smallest absolute Gasteiger partial charge is 0.276 e. The van der Waals surface area contributed by atoms with E-state index in [-0.39, 0.29) is 17.2 Å². The first kappa shape index (κ1) is 18.1. The summed E-state index contributed by atoms with van der Waals surface area (Å²) in [5, 5.41) is 11.4. The summed E-state index contributed by atoms with van der Waals surface area (Å²) in [7, 11) is 0. The normalized spacial score (nSPS) is 10.3. The number of rotatable bonds is 4. The minimum atomic E-state index is -0.459. The predicted molar refractivity (Wildman–Crippen MR) is 103 cm³/mol. The van der Waals surface area contributed by atoms with E-state index in [0.717, 1.165) is 16.8 Å². The van der Waals surface area contributed by atoms with Gasteiger partial charge in [0.1, 0.15) is 5.69 Å². The van der Waals surface area contributed by atoms with Crippen LogP contribution in [0.4, 0.5) is 11.4 Å². The van der Waals surface area contributed by atoms with Crippen molar-refractivity contribution in [2.75, 3.05) is 10.6 Å². The summed E-state index contributed by atoms with van der Waals surface area (Å²) in [6, 6.07) is 14.9. The number of carbonyl (C=O) groups is 2. The van der Waals surface area contributed by atoms with E-state index in [2.05, 4.69) is 20.8 Å². The molecule has 27 heavy (non-hydrogen) atoms. The van der Waals surface area contributed by atoms with Crippen LogP contribution in [0.5, 0.6) is 0 Å². The van der Waals surface area contributed by atoms with Gasteiger partial charge in [-0.25, -0.2) is 5.10 Å². The van der Waals surface area contributed by atoms with Gasteiger partial charge in [-0.3, -0.25) is 14.4 Å². The fourth-order valence-corrected chi connectivity index (χ4v) is 2.57. The Labute approximate surface area is 155 Å². The number of amides is 2. The zero-order valence-corrected chi connectivity index (χ0v) is 14.9. The molecule has 0 bridgehead atoms. The Kier molecular flexibility index (Phi) is 5.12. The number of nitrogens with zero attached hydrogens (tertiary/aromatic N) is 1. The first-order chi connectivity index (χ1) is 12.9. The van der Waals surface area contributed by atoms with Crippen molar-refractivity contribution in [1.82, 2.24) is 10.2 Å². The SMILES string of the molecule is Cc1cccc(C)c1NC(=O)c1ccc(NC(=O)c2ccc(=O)[nH]n2)cc1. The third-order valence-corrected chi connectivity index (χ3v) is 4.04. The summed E-state index contributed by atoms with van der Waals surface area (Å²) >= 11 is 0. The molecule has 1 aromatic heterocycles. The van der Waals surface area contributed by atoms with Gasteiger partial charge in [0.2, 0.25) is 0 Å². The lowest BCUT2D eigenvalue weighted by atomic mass is 10.1. The van der Waals surface area contributed by atoms with Gasteiger partial charge in [0.15, 0.2) is 0 Å². The van der Waals surface area contributed by atoms with Crippen molar-refractivity contribution in [3.05, 3.63) is 87.3 Å². The van der Waals surface area contributed by atoms with Crippen LogP contribution in [-0.2, 0) is 0 Å². The molecule has 3 rings (SSSR count). The van der Waals surface area contributed by atoms with Crippen LogP contribution in [-0.4, -0.2) is 22.0 Å². The molecule has 0 spiro atoms. The number of H-pyrrole nitrogens is 1. The van der Waals surface area contributed by atoms with Gasteiger partial charge in [-0.15, -0.1) is 0 Å². The number of para-hydroxylation sites is 1. The van der Waals surface area contributed by atoms with E-state index in [1.54, 1.807) is 24.3 Å². The van der Waals surface area contributed by atoms with Gasteiger partial charge in [-0.2, -0.15) is 5.10 Å². The largest absolute Gasteiger partial charge is 0.322 e. The van der Waals surface area contributed by atoms with E-state index in [0.29, 0.717) is 11.3 Å². The van der Waals surface area contributed by atoms with Crippen molar-refractivity contribution in [3.8, 4) is 0 Å². The Hall–Kier alpha value is -3.74. The molecule has 3 aromatic rings. The van der Waals surface area contributed by atoms with Gasteiger partial charge >= 0.3 is 0 Å². The van der Waals surface area contributed by atoms with Crippen LogP contribution in [0.15, 0.2) is 59.4 Å². The van der Waals surface area contributed by atoms with Gasteiger partial charge in [-0.05, 0) is 55.3 Å². The van der Waals surface area contributed by atoms with E-state index in [9.17, 15) is 14.4 Å². The molecule has 0 aliphatic heterocycles. The highest BCUT2D eigenvalue weighted by Gasteiger charge is 2.11. The second kappa shape index (κ2) is 7.65. The fraction of sp³-hybridized carbons (Fsp3) is 0.100. The third-order valence-electron chi connectivity index (χ3n) is 4.04. The molecule has 7 heteroatoms. The van der Waals surface area contributed by atoms with Gasteiger partial charge in [0, 0.05) is 23.0 Å². The maximum Gasteiger partial charge on any atom is 0.276 e. The number of carbonyl (C=O) groups excluding carboxylic acids is 2. The number of anilines is 2. The third kappa shape index (κ3) is 4.27. The molecule has 1 heterocycles. The quantitative estimate of drug-likeness (QED) is 0.664. The minimum Gasteiger partial charge on any atom is -0.322 e. The number of hydrogen-bond donors (Lipinski definition) is 3. The number of hydrogen-bond acceptors (Lipinski definition) is 4. The molecule has 7 nitrogen and oxygen atoms in total. The zero-order chi connectivity index (χ0) is 19.4. The molecule has 0 radical (unpaired) electrons. The lowest BCUT2D eigenvalue weighted by Crippen LogP contribution is -2.17. The summed E-state index contributed by atoms with van der Waals surface area (Å²) < 4.78 is 0. The van der Waals surface area contributed by atoms with Crippen LogP contribution < -0.4 is 16.2 Å². The van der Waals surface area contributed by atoms with Gasteiger partial charge < -0.3 is 10.6 Å². The zero-order valence-electron chi connectivity index (χ0n) is 14.9. The lowest BCUT2D eigenvalue weighted by molar-refractivity contribution is 0.101. The minimum absolute atomic E-state index is 0.0893. The van der Waals surface area contributed by atoms with E-state index >= 15 is 0 Å². The standard InChI is InChI=1S/C20H18N4O3/c1-12-4-3-5-13(2)18(12)22-19(26)14-6-8-15(9-7-14)21-20(27)16-10-11-17(25)24-23-16/h3-11H,1-2H3,(H,21,27)(H,22,26)(H,24,25). The van der Waals surface area contributed by atoms with Crippen molar-refractivity contribution >= 4 is 23.2 Å². The number of nitrogens with one attached hydrogen (secondary N) is 3. The molecule has 0 atom stereocenters. The molecule has 136 valence electrons. The van der Waals surface area contributed by atoms with Crippen molar-refractivity contribution < 1.29 is 9.59 Å². The number of aromatic nitrogens is 2. The monoisotopic (exact) mass is 362 g/mol. The number of benzene rings is 2. The first-order valence-electron chi connectivity index (χ1n) is 8.29. The van der Waals surface area contributed by atoms with E-state index in [4.69, 9.17) is 0 Å². The van der Waals surface area contributed by atoms with Crippen LogP contribution >= 0.6 is 0 Å². The van der Waals surface area contributed by atoms with Crippen molar-refractivity contribution in [1.29, 1.82) is 0 Å². The maximum absolute atomic E-state index is 12.5. The highest BCUT2D eigenvalue weighted by Crippen LogP contribution is 2.20. The van der Waals surface area contributed by atoms with Crippen LogP contribution in [0, 0.1) is 13.8 Å². The van der Waals surface area contributed by atoms with Gasteiger partial charge in [0.25, 0.3) is 17.4 Å². The Morgan fingerprint density at radius 1 is 0.852 bits per heavy atom. The van der Waals surface area contributed by atoms with Crippen LogP contribution in [0.1, 0.15) is 32.0 Å². The highest BCUT2D eigenvalue weighted by atomic mass is 16.2. The highest BCUT2D eigenvalue weighted by molar-refractivity contribution is 6.06. The molecule has 2 amide bonds. The van der Waals surface area contributed by atoms with Gasteiger partial charge in [0.05, 0.1) is 0 Å². The molecule has 0 aliphatic rings. The van der Waals surface area contributed by atoms with E-state index in [1.807, 2.05) is 32.0 Å². The average Bonchev–Trinajstić information content (AvgIpc) is 2.66. The predicted octanol–water partition coefficient (Wildman–Crippen LogP) is 2.89. The second-order valence-electron chi connectivity index (χ2n) is 6.06. The van der Waals surface area contributed by atoms with Crippen molar-refractivity contribution in [3.63, 3.8) is 0 Å². The van der Waals surface area contributed by atoms with Gasteiger partial charge in [-0.1, -0.05) is 18.2 Å². The molecule has 0 aliphatic carbocycles. The number of aromatic amines is 1. The summed E-state index contributed by atoms with van der Waals surface area (Å²) in [4.78, 5) is 35.5. The van der Waals surface area contributed by atoms with E-state index in [1.165, 1.54) is 12.1 Å². The molecule has 0 saturated carbocycles. The maximum atomic E-state index is 12.5. The summed E-state index contributed by atoms with van der Waals surface area (Å²) in [6.07, 6.45) is 0. The van der Waals surface area contributed by atoms with Crippen LogP contribution in [0.3, 0.4) is 0 Å². The van der Waals surface area contributed by atoms with Crippen molar-refractivity contribution in [2.24, 2.45) is 0 Å². The molecule has 0 fully saturated rings. The Morgan fingerprint density at radius 3 is 2.11 bits per heavy atom. The van der Waals surface area contributed by atoms with Crippen molar-refractivity contribution in [2.45, 2.75) is 13.8 Å². The summed E-state index contributed by atoms with van der Waals surface area (Å²) in [5.41, 5.74) is 3.46. The van der Waals surface area contributed by atoms with E-state index < -0.39 is 5.91 Å².